The van der Waals surface area contributed by atoms with Gasteiger partial charge in [-0.05, 0) is 29.7 Å². The fourth-order valence-electron chi connectivity index (χ4n) is 3.64. The number of H-pyrrole nitrogens is 1. The maximum Gasteiger partial charge on any atom is 0.329 e. The number of rotatable bonds is 9. The van der Waals surface area contributed by atoms with Crippen molar-refractivity contribution in [2.45, 2.75) is 32.5 Å². The van der Waals surface area contributed by atoms with E-state index in [0.717, 1.165) is 17.5 Å². The van der Waals surface area contributed by atoms with Crippen LogP contribution in [0.1, 0.15) is 18.1 Å². The van der Waals surface area contributed by atoms with Gasteiger partial charge in [0.1, 0.15) is 18.5 Å². The summed E-state index contributed by atoms with van der Waals surface area (Å²) in [6.07, 6.45) is -0.0276. The monoisotopic (exact) mass is 449 g/mol. The van der Waals surface area contributed by atoms with E-state index in [2.05, 4.69) is 22.2 Å². The van der Waals surface area contributed by atoms with Gasteiger partial charge in [-0.15, -0.1) is 0 Å². The van der Waals surface area contributed by atoms with Crippen LogP contribution in [0.15, 0.2) is 64.2 Å². The molecule has 4 rings (SSSR count). The van der Waals surface area contributed by atoms with Crippen LogP contribution in [0.25, 0.3) is 11.2 Å². The number of imidazole rings is 1. The molecule has 2 aromatic carbocycles. The molecule has 0 aliphatic carbocycles. The van der Waals surface area contributed by atoms with Crippen LogP contribution in [0.2, 0.25) is 0 Å². The van der Waals surface area contributed by atoms with E-state index in [1.54, 1.807) is 11.6 Å². The minimum atomic E-state index is -0.915. The summed E-state index contributed by atoms with van der Waals surface area (Å²) in [5.74, 6) is 1.05. The molecule has 2 aromatic heterocycles. The Morgan fingerprint density at radius 1 is 1.12 bits per heavy atom. The van der Waals surface area contributed by atoms with Gasteiger partial charge in [0, 0.05) is 13.6 Å². The second kappa shape index (κ2) is 9.74. The Kier molecular flexibility index (Phi) is 6.60. The molecule has 0 bridgehead atoms. The number of aliphatic hydroxyl groups excluding tert-OH is 1. The Balaban J connectivity index is 1.60. The zero-order valence-electron chi connectivity index (χ0n) is 18.6. The molecule has 0 amide bonds. The van der Waals surface area contributed by atoms with Crippen LogP contribution >= 0.6 is 0 Å². The molecule has 0 spiro atoms. The van der Waals surface area contributed by atoms with Gasteiger partial charge in [-0.1, -0.05) is 49.4 Å². The Morgan fingerprint density at radius 3 is 2.64 bits per heavy atom. The van der Waals surface area contributed by atoms with Crippen LogP contribution in [0.4, 0.5) is 5.95 Å². The molecule has 172 valence electrons. The average molecular weight is 450 g/mol. The molecule has 3 N–H and O–H groups in total. The fraction of sp³-hybridized carbons (Fsp3) is 0.292. The first-order valence-corrected chi connectivity index (χ1v) is 10.8. The zero-order valence-corrected chi connectivity index (χ0v) is 18.6. The molecule has 0 fully saturated rings. The van der Waals surface area contributed by atoms with E-state index in [1.807, 2.05) is 54.6 Å². The Labute approximate surface area is 190 Å². The predicted molar refractivity (Wildman–Crippen MR) is 127 cm³/mol. The number of benzene rings is 2. The van der Waals surface area contributed by atoms with E-state index in [4.69, 9.17) is 4.74 Å². The van der Waals surface area contributed by atoms with Crippen molar-refractivity contribution in [3.8, 4) is 5.75 Å². The second-order valence-electron chi connectivity index (χ2n) is 7.84. The molecule has 9 heteroatoms. The smallest absolute Gasteiger partial charge is 0.329 e. The number of aromatic amines is 1. The molecule has 0 unspecified atom stereocenters. The van der Waals surface area contributed by atoms with Crippen LogP contribution in [-0.2, 0) is 26.6 Å². The maximum absolute atomic E-state index is 12.6. The van der Waals surface area contributed by atoms with E-state index in [9.17, 15) is 14.7 Å². The van der Waals surface area contributed by atoms with Gasteiger partial charge in [-0.2, -0.15) is 4.98 Å². The quantitative estimate of drug-likeness (QED) is 0.360. The third-order valence-corrected chi connectivity index (χ3v) is 5.44. The number of nitrogens with zero attached hydrogens (tertiary/aromatic N) is 3. The number of aryl methyl sites for hydroxylation is 2. The molecular weight excluding hydrogens is 422 g/mol. The Hall–Kier alpha value is -3.85. The van der Waals surface area contributed by atoms with E-state index < -0.39 is 17.4 Å². The fourth-order valence-corrected chi connectivity index (χ4v) is 3.64. The van der Waals surface area contributed by atoms with Crippen molar-refractivity contribution in [1.82, 2.24) is 19.1 Å². The van der Waals surface area contributed by atoms with Crippen LogP contribution in [-0.4, -0.2) is 36.9 Å². The number of hydrogen-bond donors (Lipinski definition) is 3. The summed E-state index contributed by atoms with van der Waals surface area (Å²) in [5, 5.41) is 13.9. The van der Waals surface area contributed by atoms with Gasteiger partial charge < -0.3 is 19.7 Å². The van der Waals surface area contributed by atoms with Crippen molar-refractivity contribution in [2.24, 2.45) is 7.05 Å². The van der Waals surface area contributed by atoms with Crippen molar-refractivity contribution >= 4 is 17.1 Å². The first-order chi connectivity index (χ1) is 16.0. The van der Waals surface area contributed by atoms with Crippen molar-refractivity contribution in [1.29, 1.82) is 0 Å². The normalized spacial score (nSPS) is 12.1. The van der Waals surface area contributed by atoms with Gasteiger partial charge in [0.2, 0.25) is 5.95 Å². The highest BCUT2D eigenvalue weighted by Gasteiger charge is 2.20. The number of nitrogens with one attached hydrogen (secondary N) is 2. The van der Waals surface area contributed by atoms with Gasteiger partial charge in [0.05, 0.1) is 6.54 Å². The number of anilines is 1. The average Bonchev–Trinajstić information content (AvgIpc) is 3.19. The summed E-state index contributed by atoms with van der Waals surface area (Å²) in [7, 11) is 1.54. The highest BCUT2D eigenvalue weighted by molar-refractivity contribution is 5.74. The van der Waals surface area contributed by atoms with Crippen molar-refractivity contribution in [3.63, 3.8) is 0 Å². The molecule has 0 saturated heterocycles. The number of ether oxygens (including phenoxy) is 1. The van der Waals surface area contributed by atoms with Gasteiger partial charge in [0.15, 0.2) is 11.2 Å². The van der Waals surface area contributed by atoms with Gasteiger partial charge in [0.25, 0.3) is 5.56 Å². The minimum absolute atomic E-state index is 0.0363. The molecule has 0 aliphatic heterocycles. The molecule has 0 saturated carbocycles. The second-order valence-corrected chi connectivity index (χ2v) is 7.84. The molecule has 1 atom stereocenters. The van der Waals surface area contributed by atoms with E-state index in [0.29, 0.717) is 18.2 Å². The molecular formula is C24H27N5O4. The number of aromatic nitrogens is 4. The van der Waals surface area contributed by atoms with Crippen molar-refractivity contribution in [3.05, 3.63) is 86.6 Å². The lowest BCUT2D eigenvalue weighted by atomic mass is 10.2. The molecule has 9 nitrogen and oxygen atoms in total. The van der Waals surface area contributed by atoms with Crippen LogP contribution in [0, 0.1) is 0 Å². The minimum Gasteiger partial charge on any atom is -0.491 e. The van der Waals surface area contributed by atoms with E-state index >= 15 is 0 Å². The highest BCUT2D eigenvalue weighted by atomic mass is 16.5. The largest absolute Gasteiger partial charge is 0.491 e. The lowest BCUT2D eigenvalue weighted by Crippen LogP contribution is -2.31. The SMILES string of the molecule is CCc1cccc(OC[C@H](O)Cn2c(NCc3ccccc3)nc3c2c(=O)[nH]c(=O)n3C)c1. The van der Waals surface area contributed by atoms with Gasteiger partial charge in [-0.3, -0.25) is 14.3 Å². The summed E-state index contributed by atoms with van der Waals surface area (Å²) in [5.41, 5.74) is 1.51. The van der Waals surface area contributed by atoms with Crippen LogP contribution < -0.4 is 21.3 Å². The summed E-state index contributed by atoms with van der Waals surface area (Å²) in [6.45, 7) is 2.62. The number of aliphatic hydroxyl groups is 1. The molecule has 0 aliphatic rings. The summed E-state index contributed by atoms with van der Waals surface area (Å²) in [6, 6.07) is 17.4. The summed E-state index contributed by atoms with van der Waals surface area (Å²) >= 11 is 0. The van der Waals surface area contributed by atoms with E-state index in [1.165, 1.54) is 4.57 Å². The summed E-state index contributed by atoms with van der Waals surface area (Å²) in [4.78, 5) is 31.5. The summed E-state index contributed by atoms with van der Waals surface area (Å²) < 4.78 is 8.64. The topological polar surface area (TPSA) is 114 Å². The van der Waals surface area contributed by atoms with Crippen molar-refractivity contribution < 1.29 is 9.84 Å². The standard InChI is InChI=1S/C24H27N5O4/c1-3-16-10-7-11-19(12-16)33-15-18(30)14-29-20-21(28(2)24(32)27-22(20)31)26-23(29)25-13-17-8-5-4-6-9-17/h4-12,18,30H,3,13-15H2,1-2H3,(H,25,26)(H,27,31,32)/t18-/m1/s1. The van der Waals surface area contributed by atoms with Crippen LogP contribution in [0.5, 0.6) is 5.75 Å². The third kappa shape index (κ3) is 4.98. The van der Waals surface area contributed by atoms with Gasteiger partial charge >= 0.3 is 5.69 Å². The molecule has 4 aromatic rings. The Bertz CT molecular complexity index is 1360. The van der Waals surface area contributed by atoms with E-state index in [-0.39, 0.29) is 24.3 Å². The first-order valence-electron chi connectivity index (χ1n) is 10.8. The van der Waals surface area contributed by atoms with Crippen molar-refractivity contribution in [2.75, 3.05) is 11.9 Å². The maximum atomic E-state index is 12.6. The first kappa shape index (κ1) is 22.3. The number of hydrogen-bond acceptors (Lipinski definition) is 6. The third-order valence-electron chi connectivity index (χ3n) is 5.44. The number of fused-ring (bicyclic) bond motifs is 1. The molecule has 0 radical (unpaired) electrons. The van der Waals surface area contributed by atoms with Gasteiger partial charge in [-0.25, -0.2) is 4.79 Å². The zero-order chi connectivity index (χ0) is 23.4. The lowest BCUT2D eigenvalue weighted by Gasteiger charge is -2.16. The Morgan fingerprint density at radius 2 is 1.88 bits per heavy atom. The predicted octanol–water partition coefficient (Wildman–Crippen LogP) is 2.04. The molecule has 33 heavy (non-hydrogen) atoms. The highest BCUT2D eigenvalue weighted by Crippen LogP contribution is 2.18. The van der Waals surface area contributed by atoms with Crippen LogP contribution in [0.3, 0.4) is 0 Å². The lowest BCUT2D eigenvalue weighted by molar-refractivity contribution is 0.0938. The molecule has 2 heterocycles.